The SMILES string of the molecule is CCN1N=CN(C(F)(F)F)C1F. The molecule has 0 aromatic rings. The molecular formula is C5H7F4N3. The van der Waals surface area contributed by atoms with Gasteiger partial charge in [-0.3, -0.25) is 0 Å². The lowest BCUT2D eigenvalue weighted by atomic mass is 10.7. The molecule has 3 nitrogen and oxygen atoms in total. The Morgan fingerprint density at radius 3 is 2.33 bits per heavy atom. The van der Waals surface area contributed by atoms with Crippen LogP contribution >= 0.6 is 0 Å². The van der Waals surface area contributed by atoms with Gasteiger partial charge in [0.2, 0.25) is 0 Å². The molecule has 0 amide bonds. The van der Waals surface area contributed by atoms with E-state index in [0.717, 1.165) is 0 Å². The topological polar surface area (TPSA) is 18.8 Å². The molecule has 1 aliphatic heterocycles. The third-order valence-corrected chi connectivity index (χ3v) is 1.42. The predicted octanol–water partition coefficient (Wildman–Crippen LogP) is 1.34. The highest BCUT2D eigenvalue weighted by Gasteiger charge is 2.45. The fourth-order valence-corrected chi connectivity index (χ4v) is 0.794. The van der Waals surface area contributed by atoms with Crippen LogP contribution < -0.4 is 0 Å². The molecule has 0 N–H and O–H groups in total. The Hall–Kier alpha value is -1.01. The van der Waals surface area contributed by atoms with Gasteiger partial charge >= 0.3 is 6.30 Å². The number of hydrazone groups is 1. The summed E-state index contributed by atoms with van der Waals surface area (Å²) < 4.78 is 48.4. The summed E-state index contributed by atoms with van der Waals surface area (Å²) in [6, 6.07) is 0. The molecule has 12 heavy (non-hydrogen) atoms. The van der Waals surface area contributed by atoms with E-state index in [0.29, 0.717) is 11.3 Å². The maximum absolute atomic E-state index is 12.8. The van der Waals surface area contributed by atoms with Crippen LogP contribution in [0.1, 0.15) is 6.92 Å². The van der Waals surface area contributed by atoms with Crippen molar-refractivity contribution in [2.24, 2.45) is 5.10 Å². The molecule has 0 aromatic heterocycles. The van der Waals surface area contributed by atoms with E-state index in [1.165, 1.54) is 6.92 Å². The van der Waals surface area contributed by atoms with Crippen LogP contribution in [-0.4, -0.2) is 35.5 Å². The molecule has 0 spiro atoms. The van der Waals surface area contributed by atoms with Crippen molar-refractivity contribution in [1.29, 1.82) is 0 Å². The summed E-state index contributed by atoms with van der Waals surface area (Å²) in [5.74, 6) is 0. The fourth-order valence-electron chi connectivity index (χ4n) is 0.794. The highest BCUT2D eigenvalue weighted by Crippen LogP contribution is 2.27. The van der Waals surface area contributed by atoms with Crippen LogP contribution in [0, 0.1) is 0 Å². The molecule has 0 bridgehead atoms. The summed E-state index contributed by atoms with van der Waals surface area (Å²) in [7, 11) is 0. The lowest BCUT2D eigenvalue weighted by Crippen LogP contribution is -2.44. The zero-order valence-corrected chi connectivity index (χ0v) is 6.22. The van der Waals surface area contributed by atoms with Crippen molar-refractivity contribution in [3.63, 3.8) is 0 Å². The van der Waals surface area contributed by atoms with E-state index in [1.54, 1.807) is 0 Å². The fraction of sp³-hybridized carbons (Fsp3) is 0.800. The van der Waals surface area contributed by atoms with Crippen molar-refractivity contribution in [2.45, 2.75) is 19.6 Å². The van der Waals surface area contributed by atoms with E-state index >= 15 is 0 Å². The van der Waals surface area contributed by atoms with Crippen molar-refractivity contribution in [1.82, 2.24) is 9.91 Å². The van der Waals surface area contributed by atoms with Crippen molar-refractivity contribution in [3.8, 4) is 0 Å². The van der Waals surface area contributed by atoms with Crippen LogP contribution in [0.15, 0.2) is 5.10 Å². The van der Waals surface area contributed by atoms with Gasteiger partial charge in [-0.2, -0.15) is 9.49 Å². The summed E-state index contributed by atoms with van der Waals surface area (Å²) in [6.45, 7) is 1.62. The minimum absolute atomic E-state index is 0.101. The minimum Gasteiger partial charge on any atom is -0.245 e. The molecule has 1 heterocycles. The van der Waals surface area contributed by atoms with E-state index in [-0.39, 0.29) is 6.54 Å². The first-order chi connectivity index (χ1) is 5.46. The van der Waals surface area contributed by atoms with Gasteiger partial charge in [0.1, 0.15) is 6.34 Å². The third kappa shape index (κ3) is 1.44. The first-order valence-corrected chi connectivity index (χ1v) is 3.26. The van der Waals surface area contributed by atoms with Crippen LogP contribution in [0.2, 0.25) is 0 Å². The second kappa shape index (κ2) is 2.80. The Kier molecular flexibility index (Phi) is 2.12. The molecule has 70 valence electrons. The summed E-state index contributed by atoms with van der Waals surface area (Å²) in [5.41, 5.74) is 0. The Bertz CT molecular complexity index is 190. The number of alkyl halides is 4. The predicted molar refractivity (Wildman–Crippen MR) is 33.7 cm³/mol. The van der Waals surface area contributed by atoms with E-state index in [9.17, 15) is 17.6 Å². The lowest BCUT2D eigenvalue weighted by molar-refractivity contribution is -0.252. The van der Waals surface area contributed by atoms with Crippen LogP contribution in [-0.2, 0) is 0 Å². The molecule has 0 aromatic carbocycles. The number of nitrogens with zero attached hydrogens (tertiary/aromatic N) is 3. The largest absolute Gasteiger partial charge is 0.489 e. The Balaban J connectivity index is 2.68. The van der Waals surface area contributed by atoms with Gasteiger partial charge in [-0.15, -0.1) is 13.2 Å². The van der Waals surface area contributed by atoms with Gasteiger partial charge in [-0.05, 0) is 6.92 Å². The zero-order chi connectivity index (χ0) is 9.35. The molecule has 0 aliphatic carbocycles. The maximum atomic E-state index is 12.8. The molecule has 0 saturated heterocycles. The lowest BCUT2D eigenvalue weighted by Gasteiger charge is -2.24. The maximum Gasteiger partial charge on any atom is 0.489 e. The van der Waals surface area contributed by atoms with Crippen molar-refractivity contribution >= 4 is 6.34 Å². The van der Waals surface area contributed by atoms with E-state index < -0.39 is 17.6 Å². The van der Waals surface area contributed by atoms with Crippen molar-refractivity contribution < 1.29 is 17.6 Å². The van der Waals surface area contributed by atoms with Crippen LogP contribution in [0.5, 0.6) is 0 Å². The quantitative estimate of drug-likeness (QED) is 0.453. The normalized spacial score (nSPS) is 23.9. The molecule has 1 unspecified atom stereocenters. The number of hydrogen-bond acceptors (Lipinski definition) is 3. The summed E-state index contributed by atoms with van der Waals surface area (Å²) in [4.78, 5) is -0.392. The number of hydrogen-bond donors (Lipinski definition) is 0. The smallest absolute Gasteiger partial charge is 0.245 e. The van der Waals surface area contributed by atoms with Crippen LogP contribution in [0.4, 0.5) is 17.6 Å². The standard InChI is InChI=1S/C5H7F4N3/c1-2-12-4(6)11(3-10-12)5(7,8)9/h3-4H,2H2,1H3. The minimum atomic E-state index is -4.70. The molecular weight excluding hydrogens is 178 g/mol. The highest BCUT2D eigenvalue weighted by atomic mass is 19.4. The molecule has 0 saturated carbocycles. The first kappa shape index (κ1) is 9.08. The summed E-state index contributed by atoms with van der Waals surface area (Å²) in [6.07, 6.45) is -6.49. The van der Waals surface area contributed by atoms with Gasteiger partial charge in [0, 0.05) is 6.54 Å². The monoisotopic (exact) mass is 185 g/mol. The molecule has 1 aliphatic rings. The van der Waals surface area contributed by atoms with Gasteiger partial charge in [0.25, 0.3) is 6.42 Å². The molecule has 7 heteroatoms. The molecule has 1 atom stereocenters. The van der Waals surface area contributed by atoms with E-state index in [4.69, 9.17) is 0 Å². The van der Waals surface area contributed by atoms with Crippen molar-refractivity contribution in [2.75, 3.05) is 6.54 Å². The van der Waals surface area contributed by atoms with Gasteiger partial charge in [-0.25, -0.2) is 9.91 Å². The average molecular weight is 185 g/mol. The second-order valence-electron chi connectivity index (χ2n) is 2.17. The van der Waals surface area contributed by atoms with Gasteiger partial charge in [0.15, 0.2) is 0 Å². The average Bonchev–Trinajstić information content (AvgIpc) is 2.29. The Morgan fingerprint density at radius 1 is 1.50 bits per heavy atom. The first-order valence-electron chi connectivity index (χ1n) is 3.26. The highest BCUT2D eigenvalue weighted by molar-refractivity contribution is 5.57. The Morgan fingerprint density at radius 2 is 2.08 bits per heavy atom. The van der Waals surface area contributed by atoms with E-state index in [2.05, 4.69) is 5.10 Å². The Labute approximate surface area is 66.2 Å². The zero-order valence-electron chi connectivity index (χ0n) is 6.22. The van der Waals surface area contributed by atoms with Gasteiger partial charge in [0.05, 0.1) is 0 Å². The third-order valence-electron chi connectivity index (χ3n) is 1.42. The number of rotatable bonds is 1. The van der Waals surface area contributed by atoms with Gasteiger partial charge in [-0.1, -0.05) is 0 Å². The van der Waals surface area contributed by atoms with Crippen LogP contribution in [0.25, 0.3) is 0 Å². The van der Waals surface area contributed by atoms with Gasteiger partial charge < -0.3 is 0 Å². The van der Waals surface area contributed by atoms with Crippen LogP contribution in [0.3, 0.4) is 0 Å². The molecule has 1 rings (SSSR count). The molecule has 0 fully saturated rings. The van der Waals surface area contributed by atoms with Crippen molar-refractivity contribution in [3.05, 3.63) is 0 Å². The second-order valence-corrected chi connectivity index (χ2v) is 2.17. The molecule has 0 radical (unpaired) electrons. The summed E-state index contributed by atoms with van der Waals surface area (Å²) >= 11 is 0. The van der Waals surface area contributed by atoms with E-state index in [1.807, 2.05) is 0 Å². The summed E-state index contributed by atoms with van der Waals surface area (Å²) in [5, 5.41) is 3.92. The number of halogens is 4.